The van der Waals surface area contributed by atoms with Crippen LogP contribution in [0.2, 0.25) is 0 Å². The molecule has 0 saturated carbocycles. The zero-order valence-electron chi connectivity index (χ0n) is 12.0. The van der Waals surface area contributed by atoms with Gasteiger partial charge in [0, 0.05) is 19.3 Å². The third kappa shape index (κ3) is 4.42. The Balaban J connectivity index is 1.96. The fraction of sp³-hybridized carbons (Fsp3) is 0.188. The molecular formula is C16H18N4O. The number of carbonyl (C=O) groups excluding carboxylic acids is 1. The summed E-state index contributed by atoms with van der Waals surface area (Å²) in [4.78, 5) is 20.3. The molecule has 1 aromatic carbocycles. The summed E-state index contributed by atoms with van der Waals surface area (Å²) in [6.45, 7) is 6.65. The first-order valence-electron chi connectivity index (χ1n) is 6.70. The van der Waals surface area contributed by atoms with Crippen LogP contribution >= 0.6 is 0 Å². The molecule has 2 aromatic rings. The predicted molar refractivity (Wildman–Crippen MR) is 83.1 cm³/mol. The molecule has 1 heterocycles. The van der Waals surface area contributed by atoms with Gasteiger partial charge in [0.05, 0.1) is 0 Å². The van der Waals surface area contributed by atoms with Crippen molar-refractivity contribution in [3.8, 4) is 0 Å². The van der Waals surface area contributed by atoms with Crippen LogP contribution in [0.1, 0.15) is 21.6 Å². The summed E-state index contributed by atoms with van der Waals surface area (Å²) >= 11 is 0. The van der Waals surface area contributed by atoms with Gasteiger partial charge >= 0.3 is 0 Å². The Kier molecular flexibility index (Phi) is 5.04. The Morgan fingerprint density at radius 3 is 2.76 bits per heavy atom. The molecule has 0 saturated heterocycles. The van der Waals surface area contributed by atoms with Crippen molar-refractivity contribution in [2.75, 3.05) is 11.9 Å². The molecule has 21 heavy (non-hydrogen) atoms. The van der Waals surface area contributed by atoms with E-state index in [4.69, 9.17) is 0 Å². The van der Waals surface area contributed by atoms with Crippen LogP contribution < -0.4 is 10.6 Å². The van der Waals surface area contributed by atoms with E-state index in [2.05, 4.69) is 27.2 Å². The number of benzene rings is 1. The summed E-state index contributed by atoms with van der Waals surface area (Å²) in [5.74, 6) is 0.192. The van der Waals surface area contributed by atoms with Gasteiger partial charge in [-0.1, -0.05) is 35.9 Å². The zero-order chi connectivity index (χ0) is 15.1. The number of rotatable bonds is 6. The third-order valence-electron chi connectivity index (χ3n) is 2.87. The molecule has 0 fully saturated rings. The maximum atomic E-state index is 12.1. The SMILES string of the molecule is C=CCNc1nccc(C(=O)NCc2ccc(C)cc2)n1. The van der Waals surface area contributed by atoms with E-state index in [0.717, 1.165) is 5.56 Å². The monoisotopic (exact) mass is 282 g/mol. The lowest BCUT2D eigenvalue weighted by atomic mass is 10.1. The standard InChI is InChI=1S/C16H18N4O/c1-3-9-17-16-18-10-8-14(20-16)15(21)19-11-13-6-4-12(2)5-7-13/h3-8,10H,1,9,11H2,2H3,(H,19,21)(H,17,18,20). The summed E-state index contributed by atoms with van der Waals surface area (Å²) in [5.41, 5.74) is 2.58. The van der Waals surface area contributed by atoms with Gasteiger partial charge in [-0.15, -0.1) is 6.58 Å². The quantitative estimate of drug-likeness (QED) is 0.798. The number of nitrogens with one attached hydrogen (secondary N) is 2. The number of carbonyl (C=O) groups is 1. The molecule has 0 bridgehead atoms. The summed E-state index contributed by atoms with van der Waals surface area (Å²) in [7, 11) is 0. The predicted octanol–water partition coefficient (Wildman–Crippen LogP) is 2.31. The van der Waals surface area contributed by atoms with E-state index in [1.54, 1.807) is 18.3 Å². The van der Waals surface area contributed by atoms with Crippen LogP contribution in [0.4, 0.5) is 5.95 Å². The molecular weight excluding hydrogens is 264 g/mol. The topological polar surface area (TPSA) is 66.9 Å². The summed E-state index contributed by atoms with van der Waals surface area (Å²) in [6.07, 6.45) is 3.26. The van der Waals surface area contributed by atoms with Crippen molar-refractivity contribution in [2.45, 2.75) is 13.5 Å². The summed E-state index contributed by atoms with van der Waals surface area (Å²) in [6, 6.07) is 9.61. The lowest BCUT2D eigenvalue weighted by molar-refractivity contribution is 0.0946. The van der Waals surface area contributed by atoms with E-state index in [0.29, 0.717) is 24.7 Å². The lowest BCUT2D eigenvalue weighted by Crippen LogP contribution is -2.24. The van der Waals surface area contributed by atoms with Gasteiger partial charge in [0.2, 0.25) is 5.95 Å². The second-order valence-corrected chi connectivity index (χ2v) is 4.60. The third-order valence-corrected chi connectivity index (χ3v) is 2.87. The van der Waals surface area contributed by atoms with E-state index in [-0.39, 0.29) is 5.91 Å². The van der Waals surface area contributed by atoms with Gasteiger partial charge in [-0.3, -0.25) is 4.79 Å². The molecule has 0 spiro atoms. The fourth-order valence-electron chi connectivity index (χ4n) is 1.71. The molecule has 0 radical (unpaired) electrons. The molecule has 5 nitrogen and oxygen atoms in total. The maximum absolute atomic E-state index is 12.1. The van der Waals surface area contributed by atoms with E-state index >= 15 is 0 Å². The smallest absolute Gasteiger partial charge is 0.270 e. The van der Waals surface area contributed by atoms with Gasteiger partial charge in [-0.05, 0) is 18.6 Å². The van der Waals surface area contributed by atoms with Gasteiger partial charge in [0.15, 0.2) is 0 Å². The van der Waals surface area contributed by atoms with Crippen LogP contribution in [-0.4, -0.2) is 22.4 Å². The highest BCUT2D eigenvalue weighted by Crippen LogP contribution is 2.04. The first kappa shape index (κ1) is 14.7. The van der Waals surface area contributed by atoms with Crippen LogP contribution in [-0.2, 0) is 6.54 Å². The Morgan fingerprint density at radius 2 is 2.05 bits per heavy atom. The molecule has 0 atom stereocenters. The van der Waals surface area contributed by atoms with Gasteiger partial charge in [-0.25, -0.2) is 9.97 Å². The Morgan fingerprint density at radius 1 is 1.29 bits per heavy atom. The molecule has 1 aromatic heterocycles. The lowest BCUT2D eigenvalue weighted by Gasteiger charge is -2.07. The summed E-state index contributed by atoms with van der Waals surface area (Å²) in [5, 5.41) is 5.79. The highest BCUT2D eigenvalue weighted by Gasteiger charge is 2.08. The zero-order valence-corrected chi connectivity index (χ0v) is 12.0. The van der Waals surface area contributed by atoms with Crippen LogP contribution in [0.25, 0.3) is 0 Å². The summed E-state index contributed by atoms with van der Waals surface area (Å²) < 4.78 is 0. The average Bonchev–Trinajstić information content (AvgIpc) is 2.52. The minimum Gasteiger partial charge on any atom is -0.351 e. The fourth-order valence-corrected chi connectivity index (χ4v) is 1.71. The van der Waals surface area contributed by atoms with Crippen molar-refractivity contribution in [3.63, 3.8) is 0 Å². The van der Waals surface area contributed by atoms with Gasteiger partial charge in [0.25, 0.3) is 5.91 Å². The van der Waals surface area contributed by atoms with Gasteiger partial charge < -0.3 is 10.6 Å². The van der Waals surface area contributed by atoms with Gasteiger partial charge in [-0.2, -0.15) is 0 Å². The highest BCUT2D eigenvalue weighted by atomic mass is 16.1. The van der Waals surface area contributed by atoms with E-state index < -0.39 is 0 Å². The van der Waals surface area contributed by atoms with Crippen LogP contribution in [0.15, 0.2) is 49.2 Å². The molecule has 2 N–H and O–H groups in total. The molecule has 108 valence electrons. The molecule has 0 aliphatic carbocycles. The molecule has 0 aliphatic rings. The van der Waals surface area contributed by atoms with E-state index in [1.807, 2.05) is 31.2 Å². The van der Waals surface area contributed by atoms with Gasteiger partial charge in [0.1, 0.15) is 5.69 Å². The number of aromatic nitrogens is 2. The first-order valence-corrected chi connectivity index (χ1v) is 6.70. The van der Waals surface area contributed by atoms with Crippen molar-refractivity contribution in [2.24, 2.45) is 0 Å². The average molecular weight is 282 g/mol. The van der Waals surface area contributed by atoms with Crippen molar-refractivity contribution >= 4 is 11.9 Å². The second-order valence-electron chi connectivity index (χ2n) is 4.60. The van der Waals surface area contributed by atoms with E-state index in [1.165, 1.54) is 5.56 Å². The number of anilines is 1. The largest absolute Gasteiger partial charge is 0.351 e. The minimum atomic E-state index is -0.223. The number of nitrogens with zero attached hydrogens (tertiary/aromatic N) is 2. The molecule has 1 amide bonds. The Labute approximate surface area is 124 Å². The van der Waals surface area contributed by atoms with Crippen LogP contribution in [0, 0.1) is 6.92 Å². The van der Waals surface area contributed by atoms with Crippen LogP contribution in [0.5, 0.6) is 0 Å². The minimum absolute atomic E-state index is 0.223. The number of hydrogen-bond donors (Lipinski definition) is 2. The number of amides is 1. The number of hydrogen-bond acceptors (Lipinski definition) is 4. The normalized spacial score (nSPS) is 9.95. The first-order chi connectivity index (χ1) is 10.2. The Hall–Kier alpha value is -2.69. The molecule has 5 heteroatoms. The Bertz CT molecular complexity index is 622. The van der Waals surface area contributed by atoms with Crippen molar-refractivity contribution in [1.29, 1.82) is 0 Å². The van der Waals surface area contributed by atoms with Crippen LogP contribution in [0.3, 0.4) is 0 Å². The molecule has 0 aliphatic heterocycles. The van der Waals surface area contributed by atoms with E-state index in [9.17, 15) is 4.79 Å². The highest BCUT2D eigenvalue weighted by molar-refractivity contribution is 5.92. The number of aryl methyl sites for hydroxylation is 1. The molecule has 0 unspecified atom stereocenters. The van der Waals surface area contributed by atoms with Crippen molar-refractivity contribution in [3.05, 3.63) is 66.0 Å². The van der Waals surface area contributed by atoms with Crippen molar-refractivity contribution < 1.29 is 4.79 Å². The maximum Gasteiger partial charge on any atom is 0.270 e. The van der Waals surface area contributed by atoms with Crippen molar-refractivity contribution in [1.82, 2.24) is 15.3 Å². The second kappa shape index (κ2) is 7.19. The molecule has 2 rings (SSSR count).